The summed E-state index contributed by atoms with van der Waals surface area (Å²) in [5.41, 5.74) is 3.02. The topological polar surface area (TPSA) is 80.9 Å². The summed E-state index contributed by atoms with van der Waals surface area (Å²) in [7, 11) is 1.97. The first-order chi connectivity index (χ1) is 12.2. The van der Waals surface area contributed by atoms with Gasteiger partial charge in [0.05, 0.1) is 23.0 Å². The molecule has 0 radical (unpaired) electrons. The molecule has 5 rings (SSSR count). The molecule has 7 heteroatoms. The molecule has 0 aliphatic carbocycles. The summed E-state index contributed by atoms with van der Waals surface area (Å²) in [5.74, 6) is 1.43. The maximum Gasteiger partial charge on any atom is 0.348 e. The number of hydrogen-bond donors (Lipinski definition) is 1. The van der Waals surface area contributed by atoms with Gasteiger partial charge < -0.3 is 9.55 Å². The first kappa shape index (κ1) is 13.9. The van der Waals surface area contributed by atoms with Crippen LogP contribution in [0.4, 0.5) is 0 Å². The molecule has 25 heavy (non-hydrogen) atoms. The Kier molecular flexibility index (Phi) is 2.79. The SMILES string of the molecule is Cn1c(Cc2nc3c4ccccc4[nH]c(=O)n3n2)nc2ccccc21. The van der Waals surface area contributed by atoms with E-state index in [1.54, 1.807) is 0 Å². The summed E-state index contributed by atoms with van der Waals surface area (Å²) < 4.78 is 3.35. The van der Waals surface area contributed by atoms with Gasteiger partial charge in [0.1, 0.15) is 5.82 Å². The van der Waals surface area contributed by atoms with Crippen molar-refractivity contribution >= 4 is 27.6 Å². The summed E-state index contributed by atoms with van der Waals surface area (Å²) in [5, 5.41) is 5.24. The second kappa shape index (κ2) is 5.01. The van der Waals surface area contributed by atoms with Crippen LogP contribution in [0.5, 0.6) is 0 Å². The summed E-state index contributed by atoms with van der Waals surface area (Å²) in [4.78, 5) is 24.3. The molecule has 3 heterocycles. The fraction of sp³-hybridized carbons (Fsp3) is 0.111. The van der Waals surface area contributed by atoms with Crippen LogP contribution in [-0.2, 0) is 13.5 Å². The normalized spacial score (nSPS) is 11.7. The number of fused-ring (bicyclic) bond motifs is 4. The Morgan fingerprint density at radius 2 is 1.84 bits per heavy atom. The summed E-state index contributed by atoms with van der Waals surface area (Å²) >= 11 is 0. The number of aryl methyl sites for hydroxylation is 1. The minimum Gasteiger partial charge on any atom is -0.331 e. The number of nitrogens with zero attached hydrogens (tertiary/aromatic N) is 5. The van der Waals surface area contributed by atoms with Crippen molar-refractivity contribution < 1.29 is 0 Å². The Labute approximate surface area is 141 Å². The zero-order valence-corrected chi connectivity index (χ0v) is 13.5. The molecule has 5 aromatic rings. The molecular weight excluding hydrogens is 316 g/mol. The first-order valence-electron chi connectivity index (χ1n) is 7.98. The van der Waals surface area contributed by atoms with Crippen LogP contribution in [0.1, 0.15) is 11.6 Å². The molecule has 0 fully saturated rings. The van der Waals surface area contributed by atoms with Crippen molar-refractivity contribution in [2.45, 2.75) is 6.42 Å². The van der Waals surface area contributed by atoms with Crippen LogP contribution in [0.15, 0.2) is 53.3 Å². The molecule has 0 atom stereocenters. The van der Waals surface area contributed by atoms with Gasteiger partial charge in [-0.15, -0.1) is 5.10 Å². The van der Waals surface area contributed by atoms with E-state index in [0.717, 1.165) is 27.8 Å². The van der Waals surface area contributed by atoms with Gasteiger partial charge in [-0.25, -0.2) is 14.8 Å². The average Bonchev–Trinajstić information content (AvgIpc) is 3.18. The maximum atomic E-state index is 12.3. The Hall–Kier alpha value is -3.48. The molecule has 122 valence electrons. The molecule has 0 aliphatic heterocycles. The van der Waals surface area contributed by atoms with E-state index in [1.165, 1.54) is 4.52 Å². The lowest BCUT2D eigenvalue weighted by Crippen LogP contribution is -2.17. The van der Waals surface area contributed by atoms with Crippen molar-refractivity contribution in [1.29, 1.82) is 0 Å². The molecular formula is C18H14N6O. The average molecular weight is 330 g/mol. The van der Waals surface area contributed by atoms with E-state index in [2.05, 4.69) is 20.1 Å². The third-order valence-electron chi connectivity index (χ3n) is 4.45. The number of para-hydroxylation sites is 3. The van der Waals surface area contributed by atoms with Gasteiger partial charge in [0.2, 0.25) is 0 Å². The highest BCUT2D eigenvalue weighted by Gasteiger charge is 2.14. The molecule has 3 aromatic heterocycles. The number of aromatic nitrogens is 6. The maximum absolute atomic E-state index is 12.3. The molecule has 0 spiro atoms. The molecule has 0 saturated heterocycles. The van der Waals surface area contributed by atoms with Crippen molar-refractivity contribution in [2.24, 2.45) is 7.05 Å². The largest absolute Gasteiger partial charge is 0.348 e. The van der Waals surface area contributed by atoms with Crippen LogP contribution in [0, 0.1) is 0 Å². The monoisotopic (exact) mass is 330 g/mol. The summed E-state index contributed by atoms with van der Waals surface area (Å²) in [6.45, 7) is 0. The van der Waals surface area contributed by atoms with Crippen LogP contribution in [-0.4, -0.2) is 29.1 Å². The van der Waals surface area contributed by atoms with E-state index < -0.39 is 0 Å². The zero-order valence-electron chi connectivity index (χ0n) is 13.5. The molecule has 0 saturated carbocycles. The van der Waals surface area contributed by atoms with E-state index in [9.17, 15) is 4.79 Å². The lowest BCUT2D eigenvalue weighted by Gasteiger charge is -1.98. The number of imidazole rings is 1. The van der Waals surface area contributed by atoms with E-state index in [1.807, 2.05) is 60.1 Å². The van der Waals surface area contributed by atoms with Crippen molar-refractivity contribution in [3.8, 4) is 0 Å². The Morgan fingerprint density at radius 1 is 1.04 bits per heavy atom. The molecule has 0 unspecified atom stereocenters. The minimum absolute atomic E-state index is 0.294. The van der Waals surface area contributed by atoms with Crippen molar-refractivity contribution in [3.63, 3.8) is 0 Å². The number of aromatic amines is 1. The smallest absolute Gasteiger partial charge is 0.331 e. The molecule has 2 aromatic carbocycles. The standard InChI is InChI=1S/C18H14N6O/c1-23-14-9-5-4-8-13(14)19-16(23)10-15-21-17-11-6-2-3-7-12(11)20-18(25)24(17)22-15/h2-9H,10H2,1H3,(H,20,25). The summed E-state index contributed by atoms with van der Waals surface area (Å²) in [6.07, 6.45) is 0.459. The molecule has 0 bridgehead atoms. The quantitative estimate of drug-likeness (QED) is 0.537. The molecule has 0 amide bonds. The third kappa shape index (κ3) is 2.06. The zero-order chi connectivity index (χ0) is 17.0. The number of benzene rings is 2. The number of nitrogens with one attached hydrogen (secondary N) is 1. The highest BCUT2D eigenvalue weighted by atomic mass is 16.1. The van der Waals surface area contributed by atoms with E-state index >= 15 is 0 Å². The van der Waals surface area contributed by atoms with Gasteiger partial charge in [-0.2, -0.15) is 4.52 Å². The number of hydrogen-bond acceptors (Lipinski definition) is 4. The van der Waals surface area contributed by atoms with Crippen molar-refractivity contribution in [2.75, 3.05) is 0 Å². The van der Waals surface area contributed by atoms with Crippen molar-refractivity contribution in [3.05, 3.63) is 70.7 Å². The Morgan fingerprint density at radius 3 is 2.72 bits per heavy atom. The van der Waals surface area contributed by atoms with Crippen molar-refractivity contribution in [1.82, 2.24) is 29.1 Å². The molecule has 1 N–H and O–H groups in total. The van der Waals surface area contributed by atoms with E-state index in [4.69, 9.17) is 0 Å². The fourth-order valence-corrected chi connectivity index (χ4v) is 3.20. The fourth-order valence-electron chi connectivity index (χ4n) is 3.20. The number of rotatable bonds is 2. The highest BCUT2D eigenvalue weighted by Crippen LogP contribution is 2.18. The number of H-pyrrole nitrogens is 1. The predicted molar refractivity (Wildman–Crippen MR) is 94.6 cm³/mol. The third-order valence-corrected chi connectivity index (χ3v) is 4.45. The minimum atomic E-state index is -0.294. The molecule has 7 nitrogen and oxygen atoms in total. The predicted octanol–water partition coefficient (Wildman–Crippen LogP) is 2.05. The van der Waals surface area contributed by atoms with Gasteiger partial charge in [0.15, 0.2) is 11.5 Å². The second-order valence-corrected chi connectivity index (χ2v) is 5.99. The van der Waals surface area contributed by atoms with Crippen LogP contribution < -0.4 is 5.69 Å². The Bertz CT molecular complexity index is 1310. The van der Waals surface area contributed by atoms with Gasteiger partial charge in [-0.3, -0.25) is 0 Å². The summed E-state index contributed by atoms with van der Waals surface area (Å²) in [6, 6.07) is 15.5. The Balaban J connectivity index is 1.68. The first-order valence-corrected chi connectivity index (χ1v) is 7.98. The van der Waals surface area contributed by atoms with Crippen LogP contribution in [0.2, 0.25) is 0 Å². The van der Waals surface area contributed by atoms with E-state index in [0.29, 0.717) is 17.9 Å². The molecule has 0 aliphatic rings. The van der Waals surface area contributed by atoms with Crippen LogP contribution in [0.3, 0.4) is 0 Å². The van der Waals surface area contributed by atoms with Crippen LogP contribution in [0.25, 0.3) is 27.6 Å². The van der Waals surface area contributed by atoms with E-state index in [-0.39, 0.29) is 5.69 Å². The van der Waals surface area contributed by atoms with Crippen LogP contribution >= 0.6 is 0 Å². The second-order valence-electron chi connectivity index (χ2n) is 5.99. The van der Waals surface area contributed by atoms with Gasteiger partial charge in [-0.1, -0.05) is 24.3 Å². The lowest BCUT2D eigenvalue weighted by atomic mass is 10.2. The lowest BCUT2D eigenvalue weighted by molar-refractivity contribution is 0.793. The van der Waals surface area contributed by atoms with Gasteiger partial charge in [-0.05, 0) is 24.3 Å². The highest BCUT2D eigenvalue weighted by molar-refractivity contribution is 5.90. The van der Waals surface area contributed by atoms with Gasteiger partial charge in [0.25, 0.3) is 0 Å². The van der Waals surface area contributed by atoms with Gasteiger partial charge >= 0.3 is 5.69 Å². The van der Waals surface area contributed by atoms with Gasteiger partial charge in [0, 0.05) is 12.4 Å².